The van der Waals surface area contributed by atoms with Crippen LogP contribution in [0.1, 0.15) is 12.5 Å². The number of nitrogens with zero attached hydrogens (tertiary/aromatic N) is 2. The number of hydrogen-bond donors (Lipinski definition) is 2. The number of hydrogen-bond acceptors (Lipinski definition) is 4. The van der Waals surface area contributed by atoms with Crippen LogP contribution in [0.25, 0.3) is 0 Å². The maximum absolute atomic E-state index is 5.44. The van der Waals surface area contributed by atoms with E-state index in [2.05, 4.69) is 15.3 Å². The molecule has 0 aliphatic heterocycles. The molecule has 0 saturated heterocycles. The molecule has 1 aromatic heterocycles. The van der Waals surface area contributed by atoms with Crippen molar-refractivity contribution in [2.75, 3.05) is 6.54 Å². The van der Waals surface area contributed by atoms with Crippen LogP contribution in [0.5, 0.6) is 0 Å². The standard InChI is InChI=1S/C8H14N4/c1-7(2-9)12-5-8-3-10-6-11-4-8/h3-4,6-7,12H,2,5,9H2,1H3/t7-/m1/s1. The molecule has 3 N–H and O–H groups in total. The van der Waals surface area contributed by atoms with Gasteiger partial charge < -0.3 is 11.1 Å². The first kappa shape index (κ1) is 9.09. The van der Waals surface area contributed by atoms with E-state index in [9.17, 15) is 0 Å². The van der Waals surface area contributed by atoms with Gasteiger partial charge in [0.2, 0.25) is 0 Å². The maximum atomic E-state index is 5.44. The first-order valence-corrected chi connectivity index (χ1v) is 4.00. The van der Waals surface area contributed by atoms with Crippen LogP contribution in [0.4, 0.5) is 0 Å². The van der Waals surface area contributed by atoms with Crippen molar-refractivity contribution in [2.24, 2.45) is 5.73 Å². The third-order valence-corrected chi connectivity index (χ3v) is 1.62. The quantitative estimate of drug-likeness (QED) is 0.656. The maximum Gasteiger partial charge on any atom is 0.115 e. The predicted octanol–water partition coefficient (Wildman–Crippen LogP) is -0.0866. The second kappa shape index (κ2) is 4.79. The fourth-order valence-electron chi connectivity index (χ4n) is 0.797. The Morgan fingerprint density at radius 1 is 1.50 bits per heavy atom. The molecule has 0 amide bonds. The van der Waals surface area contributed by atoms with Crippen LogP contribution in [0.2, 0.25) is 0 Å². The molecule has 0 unspecified atom stereocenters. The van der Waals surface area contributed by atoms with E-state index < -0.39 is 0 Å². The molecule has 0 fully saturated rings. The molecule has 12 heavy (non-hydrogen) atoms. The van der Waals surface area contributed by atoms with Gasteiger partial charge in [0, 0.05) is 37.1 Å². The van der Waals surface area contributed by atoms with E-state index in [1.807, 2.05) is 6.92 Å². The largest absolute Gasteiger partial charge is 0.329 e. The van der Waals surface area contributed by atoms with Gasteiger partial charge in [0.1, 0.15) is 6.33 Å². The fraction of sp³-hybridized carbons (Fsp3) is 0.500. The summed E-state index contributed by atoms with van der Waals surface area (Å²) in [5.41, 5.74) is 6.52. The van der Waals surface area contributed by atoms with Gasteiger partial charge in [-0.2, -0.15) is 0 Å². The Morgan fingerprint density at radius 3 is 2.75 bits per heavy atom. The number of nitrogens with two attached hydrogens (primary N) is 1. The molecule has 1 atom stereocenters. The van der Waals surface area contributed by atoms with Crippen molar-refractivity contribution < 1.29 is 0 Å². The SMILES string of the molecule is C[C@H](CN)NCc1cncnc1. The summed E-state index contributed by atoms with van der Waals surface area (Å²) in [6.45, 7) is 3.47. The molecule has 0 aliphatic rings. The monoisotopic (exact) mass is 166 g/mol. The van der Waals surface area contributed by atoms with E-state index in [0.29, 0.717) is 12.6 Å². The highest BCUT2D eigenvalue weighted by Crippen LogP contribution is 1.92. The molecule has 1 rings (SSSR count). The molecule has 66 valence electrons. The summed E-state index contributed by atoms with van der Waals surface area (Å²) in [5, 5.41) is 3.24. The van der Waals surface area contributed by atoms with Crippen molar-refractivity contribution in [1.29, 1.82) is 0 Å². The van der Waals surface area contributed by atoms with Crippen molar-refractivity contribution in [3.05, 3.63) is 24.3 Å². The molecule has 1 aromatic rings. The van der Waals surface area contributed by atoms with Gasteiger partial charge in [-0.3, -0.25) is 0 Å². The smallest absolute Gasteiger partial charge is 0.115 e. The minimum Gasteiger partial charge on any atom is -0.329 e. The van der Waals surface area contributed by atoms with Crippen molar-refractivity contribution in [2.45, 2.75) is 19.5 Å². The average Bonchev–Trinajstić information content (AvgIpc) is 2.16. The van der Waals surface area contributed by atoms with Crippen LogP contribution in [-0.4, -0.2) is 22.6 Å². The number of nitrogens with one attached hydrogen (secondary N) is 1. The first-order chi connectivity index (χ1) is 5.83. The van der Waals surface area contributed by atoms with Gasteiger partial charge in [0.05, 0.1) is 0 Å². The lowest BCUT2D eigenvalue weighted by Crippen LogP contribution is -2.32. The zero-order valence-electron chi connectivity index (χ0n) is 7.20. The predicted molar refractivity (Wildman–Crippen MR) is 47.4 cm³/mol. The zero-order valence-corrected chi connectivity index (χ0v) is 7.20. The van der Waals surface area contributed by atoms with Crippen LogP contribution in [-0.2, 0) is 6.54 Å². The van der Waals surface area contributed by atoms with E-state index >= 15 is 0 Å². The van der Waals surface area contributed by atoms with Crippen LogP contribution in [0, 0.1) is 0 Å². The lowest BCUT2D eigenvalue weighted by atomic mass is 10.3. The van der Waals surface area contributed by atoms with Crippen LogP contribution in [0.15, 0.2) is 18.7 Å². The molecule has 0 radical (unpaired) electrons. The van der Waals surface area contributed by atoms with Crippen LogP contribution < -0.4 is 11.1 Å². The summed E-state index contributed by atoms with van der Waals surface area (Å²) in [7, 11) is 0. The summed E-state index contributed by atoms with van der Waals surface area (Å²) in [4.78, 5) is 7.81. The lowest BCUT2D eigenvalue weighted by Gasteiger charge is -2.09. The fourth-order valence-corrected chi connectivity index (χ4v) is 0.797. The van der Waals surface area contributed by atoms with E-state index in [1.54, 1.807) is 12.4 Å². The van der Waals surface area contributed by atoms with Crippen molar-refractivity contribution >= 4 is 0 Å². The Labute approximate surface area is 72.2 Å². The minimum absolute atomic E-state index is 0.338. The molecule has 4 nitrogen and oxygen atoms in total. The highest BCUT2D eigenvalue weighted by atomic mass is 14.9. The second-order valence-electron chi connectivity index (χ2n) is 2.76. The first-order valence-electron chi connectivity index (χ1n) is 4.00. The Bertz CT molecular complexity index is 212. The van der Waals surface area contributed by atoms with E-state index in [4.69, 9.17) is 5.73 Å². The van der Waals surface area contributed by atoms with Gasteiger partial charge >= 0.3 is 0 Å². The second-order valence-corrected chi connectivity index (χ2v) is 2.76. The summed E-state index contributed by atoms with van der Waals surface area (Å²) >= 11 is 0. The Morgan fingerprint density at radius 2 is 2.17 bits per heavy atom. The average molecular weight is 166 g/mol. The topological polar surface area (TPSA) is 63.8 Å². The summed E-state index contributed by atoms with van der Waals surface area (Å²) < 4.78 is 0. The van der Waals surface area contributed by atoms with Gasteiger partial charge in [-0.15, -0.1) is 0 Å². The van der Waals surface area contributed by atoms with Gasteiger partial charge in [0.15, 0.2) is 0 Å². The minimum atomic E-state index is 0.338. The Hall–Kier alpha value is -1.00. The molecule has 0 aromatic carbocycles. The Balaban J connectivity index is 2.33. The van der Waals surface area contributed by atoms with E-state index in [0.717, 1.165) is 12.1 Å². The van der Waals surface area contributed by atoms with E-state index in [1.165, 1.54) is 6.33 Å². The third kappa shape index (κ3) is 2.94. The van der Waals surface area contributed by atoms with Crippen molar-refractivity contribution in [3.63, 3.8) is 0 Å². The summed E-state index contributed by atoms with van der Waals surface area (Å²) in [6, 6.07) is 0.338. The van der Waals surface area contributed by atoms with Crippen molar-refractivity contribution in [1.82, 2.24) is 15.3 Å². The van der Waals surface area contributed by atoms with Gasteiger partial charge in [-0.1, -0.05) is 0 Å². The van der Waals surface area contributed by atoms with Gasteiger partial charge in [0.25, 0.3) is 0 Å². The molecular weight excluding hydrogens is 152 g/mol. The molecular formula is C8H14N4. The molecule has 4 heteroatoms. The van der Waals surface area contributed by atoms with Crippen LogP contribution in [0.3, 0.4) is 0 Å². The third-order valence-electron chi connectivity index (χ3n) is 1.62. The summed E-state index contributed by atoms with van der Waals surface area (Å²) in [6.07, 6.45) is 5.11. The van der Waals surface area contributed by atoms with Crippen LogP contribution >= 0.6 is 0 Å². The van der Waals surface area contributed by atoms with E-state index in [-0.39, 0.29) is 0 Å². The number of aromatic nitrogens is 2. The van der Waals surface area contributed by atoms with Gasteiger partial charge in [-0.05, 0) is 6.92 Å². The van der Waals surface area contributed by atoms with Crippen molar-refractivity contribution in [3.8, 4) is 0 Å². The molecule has 0 saturated carbocycles. The number of rotatable bonds is 4. The highest BCUT2D eigenvalue weighted by molar-refractivity contribution is 5.01. The van der Waals surface area contributed by atoms with Gasteiger partial charge in [-0.25, -0.2) is 9.97 Å². The molecule has 1 heterocycles. The normalized spacial score (nSPS) is 12.8. The lowest BCUT2D eigenvalue weighted by molar-refractivity contribution is 0.555. The zero-order chi connectivity index (χ0) is 8.81. The molecule has 0 bridgehead atoms. The highest BCUT2D eigenvalue weighted by Gasteiger charge is 1.97. The molecule has 0 spiro atoms. The Kier molecular flexibility index (Phi) is 3.63. The molecule has 0 aliphatic carbocycles. The summed E-state index contributed by atoms with van der Waals surface area (Å²) in [5.74, 6) is 0.